The van der Waals surface area contributed by atoms with Gasteiger partial charge in [-0.2, -0.15) is 0 Å². The van der Waals surface area contributed by atoms with Gasteiger partial charge in [0.25, 0.3) is 0 Å². The van der Waals surface area contributed by atoms with Crippen molar-refractivity contribution in [1.29, 1.82) is 0 Å². The molecule has 3 fully saturated rings. The normalized spacial score (nSPS) is 19.3. The highest BCUT2D eigenvalue weighted by molar-refractivity contribution is 5.82. The maximum atomic E-state index is 13.2. The van der Waals surface area contributed by atoms with Crippen LogP contribution in [-0.2, 0) is 17.8 Å². The molecule has 44 heavy (non-hydrogen) atoms. The van der Waals surface area contributed by atoms with Crippen LogP contribution in [-0.4, -0.2) is 104 Å². The lowest BCUT2D eigenvalue weighted by atomic mass is 10.00. The lowest BCUT2D eigenvalue weighted by Crippen LogP contribution is -2.47. The van der Waals surface area contributed by atoms with E-state index in [4.69, 9.17) is 0 Å². The lowest BCUT2D eigenvalue weighted by Gasteiger charge is -2.40. The Labute approximate surface area is 264 Å². The Hall–Kier alpha value is -3.13. The number of hydrogen-bond acceptors (Lipinski definition) is 5. The van der Waals surface area contributed by atoms with Gasteiger partial charge in [0, 0.05) is 69.0 Å². The fourth-order valence-corrected chi connectivity index (χ4v) is 7.32. The summed E-state index contributed by atoms with van der Waals surface area (Å²) in [6, 6.07) is 20.3. The third-order valence-corrected chi connectivity index (χ3v) is 10.0. The summed E-state index contributed by atoms with van der Waals surface area (Å²) in [4.78, 5) is 23.4. The Kier molecular flexibility index (Phi) is 10.7. The van der Waals surface area contributed by atoms with Gasteiger partial charge in [-0.05, 0) is 101 Å². The number of likely N-dealkylation sites (N-methyl/N-ethyl adjacent to an activating group) is 1. The van der Waals surface area contributed by atoms with Crippen molar-refractivity contribution >= 4 is 11.6 Å². The Morgan fingerprint density at radius 2 is 1.55 bits per heavy atom. The highest BCUT2D eigenvalue weighted by atomic mass is 16.1. The van der Waals surface area contributed by atoms with Gasteiger partial charge in [-0.25, -0.2) is 0 Å². The molecule has 0 atom stereocenters. The van der Waals surface area contributed by atoms with Gasteiger partial charge < -0.3 is 29.5 Å². The van der Waals surface area contributed by atoms with Crippen LogP contribution in [0.4, 0.5) is 5.69 Å². The first-order valence-corrected chi connectivity index (χ1v) is 17.1. The second-order valence-corrected chi connectivity index (χ2v) is 13.2. The first-order chi connectivity index (χ1) is 21.6. The van der Waals surface area contributed by atoms with Crippen molar-refractivity contribution in [2.75, 3.05) is 77.4 Å². The molecule has 1 amide bonds. The molecule has 0 radical (unpaired) electrons. The summed E-state index contributed by atoms with van der Waals surface area (Å²) in [6.45, 7) is 11.9. The molecule has 3 aliphatic heterocycles. The number of piperazine rings is 1. The molecule has 236 valence electrons. The predicted octanol–water partition coefficient (Wildman–Crippen LogP) is 4.95. The number of amides is 1. The van der Waals surface area contributed by atoms with E-state index >= 15 is 0 Å². The minimum absolute atomic E-state index is 0.113. The van der Waals surface area contributed by atoms with Gasteiger partial charge >= 0.3 is 0 Å². The van der Waals surface area contributed by atoms with Gasteiger partial charge in [-0.15, -0.1) is 0 Å². The Morgan fingerprint density at radius 3 is 2.27 bits per heavy atom. The van der Waals surface area contributed by atoms with E-state index in [2.05, 4.69) is 104 Å². The molecule has 3 aromatic rings. The van der Waals surface area contributed by atoms with Crippen LogP contribution in [0, 0.1) is 0 Å². The number of hydrogen-bond donors (Lipinski definition) is 1. The van der Waals surface area contributed by atoms with Gasteiger partial charge in [-0.3, -0.25) is 4.79 Å². The summed E-state index contributed by atoms with van der Waals surface area (Å²) < 4.78 is 2.23. The SMILES string of the molecule is CN1CCN(c2ccc(-c3cn(Cc4ccccc4)cc3CC(=O)NCCCN3CCC(N4CCCCC4)CC3)cc2)CC1. The summed E-state index contributed by atoms with van der Waals surface area (Å²) in [5.74, 6) is 0.113. The quantitative estimate of drug-likeness (QED) is 0.318. The van der Waals surface area contributed by atoms with E-state index < -0.39 is 0 Å². The number of carbonyl (C=O) groups excluding carboxylic acids is 1. The number of nitrogens with one attached hydrogen (secondary N) is 1. The Bertz CT molecular complexity index is 1300. The molecule has 0 aliphatic carbocycles. The maximum Gasteiger partial charge on any atom is 0.224 e. The zero-order valence-corrected chi connectivity index (χ0v) is 26.8. The van der Waals surface area contributed by atoms with Crippen molar-refractivity contribution in [3.63, 3.8) is 0 Å². The van der Waals surface area contributed by atoms with Crippen LogP contribution in [0.15, 0.2) is 67.0 Å². The number of nitrogens with zero attached hydrogens (tertiary/aromatic N) is 5. The molecule has 0 bridgehead atoms. The second-order valence-electron chi connectivity index (χ2n) is 13.2. The smallest absolute Gasteiger partial charge is 0.224 e. The van der Waals surface area contributed by atoms with Crippen LogP contribution in [0.25, 0.3) is 11.1 Å². The first-order valence-electron chi connectivity index (χ1n) is 17.1. The number of likely N-dealkylation sites (tertiary alicyclic amines) is 2. The van der Waals surface area contributed by atoms with Gasteiger partial charge in [0.05, 0.1) is 6.42 Å². The van der Waals surface area contributed by atoms with Gasteiger partial charge in [0.1, 0.15) is 0 Å². The molecule has 3 aliphatic rings. The largest absolute Gasteiger partial charge is 0.369 e. The molecule has 0 unspecified atom stereocenters. The summed E-state index contributed by atoms with van der Waals surface area (Å²) >= 11 is 0. The molecule has 2 aromatic carbocycles. The van der Waals surface area contributed by atoms with Gasteiger partial charge in [0.15, 0.2) is 0 Å². The lowest BCUT2D eigenvalue weighted by molar-refractivity contribution is -0.120. The Balaban J connectivity index is 1.03. The summed E-state index contributed by atoms with van der Waals surface area (Å²) in [5.41, 5.74) is 5.95. The average molecular weight is 597 g/mol. The standard InChI is InChI=1S/C37H52N6O/c1-39-23-25-43(26-24-39)34-13-11-32(12-14-34)36-30-41(28-31-9-4-2-5-10-31)29-33(36)27-37(44)38-17-8-18-40-21-15-35(16-22-40)42-19-6-3-7-20-42/h2,4-5,9-14,29-30,35H,3,6-8,15-28H2,1H3,(H,38,44). The molecule has 0 spiro atoms. The van der Waals surface area contributed by atoms with Crippen LogP contribution < -0.4 is 10.2 Å². The summed E-state index contributed by atoms with van der Waals surface area (Å²) in [7, 11) is 2.19. The molecule has 1 aromatic heterocycles. The zero-order chi connectivity index (χ0) is 30.1. The van der Waals surface area contributed by atoms with Crippen molar-refractivity contribution in [1.82, 2.24) is 24.6 Å². The fraction of sp³-hybridized carbons (Fsp3) is 0.541. The fourth-order valence-electron chi connectivity index (χ4n) is 7.32. The monoisotopic (exact) mass is 596 g/mol. The molecule has 6 rings (SSSR count). The number of benzene rings is 2. The molecule has 7 heteroatoms. The van der Waals surface area contributed by atoms with Crippen LogP contribution in [0.5, 0.6) is 0 Å². The topological polar surface area (TPSA) is 47.0 Å². The van der Waals surface area contributed by atoms with Gasteiger partial charge in [0.2, 0.25) is 5.91 Å². The first kappa shape index (κ1) is 30.9. The number of anilines is 1. The molecule has 4 heterocycles. The van der Waals surface area contributed by atoms with E-state index in [1.807, 2.05) is 0 Å². The van der Waals surface area contributed by atoms with Crippen LogP contribution in [0.2, 0.25) is 0 Å². The van der Waals surface area contributed by atoms with E-state index in [9.17, 15) is 4.79 Å². The number of carbonyl (C=O) groups is 1. The van der Waals surface area contributed by atoms with E-state index in [1.54, 1.807) is 0 Å². The van der Waals surface area contributed by atoms with E-state index in [0.717, 1.165) is 69.4 Å². The van der Waals surface area contributed by atoms with E-state index in [0.29, 0.717) is 6.42 Å². The van der Waals surface area contributed by atoms with Crippen LogP contribution in [0.1, 0.15) is 49.7 Å². The number of piperidine rings is 2. The molecular weight excluding hydrogens is 544 g/mol. The van der Waals surface area contributed by atoms with Crippen molar-refractivity contribution < 1.29 is 4.79 Å². The third kappa shape index (κ3) is 8.32. The Morgan fingerprint density at radius 1 is 0.818 bits per heavy atom. The molecular formula is C37H52N6O. The van der Waals surface area contributed by atoms with Crippen LogP contribution >= 0.6 is 0 Å². The van der Waals surface area contributed by atoms with Crippen molar-refractivity contribution in [2.45, 2.75) is 57.5 Å². The van der Waals surface area contributed by atoms with Gasteiger partial charge in [-0.1, -0.05) is 48.9 Å². The minimum Gasteiger partial charge on any atom is -0.369 e. The van der Waals surface area contributed by atoms with Crippen molar-refractivity contribution in [3.05, 3.63) is 78.1 Å². The van der Waals surface area contributed by atoms with Crippen LogP contribution in [0.3, 0.4) is 0 Å². The molecule has 1 N–H and O–H groups in total. The maximum absolute atomic E-state index is 13.2. The van der Waals surface area contributed by atoms with Crippen molar-refractivity contribution in [2.24, 2.45) is 0 Å². The zero-order valence-electron chi connectivity index (χ0n) is 26.8. The highest BCUT2D eigenvalue weighted by Gasteiger charge is 2.25. The summed E-state index contributed by atoms with van der Waals surface area (Å²) in [6.07, 6.45) is 12.6. The summed E-state index contributed by atoms with van der Waals surface area (Å²) in [5, 5.41) is 3.23. The number of aromatic nitrogens is 1. The van der Waals surface area contributed by atoms with E-state index in [1.165, 1.54) is 75.1 Å². The predicted molar refractivity (Wildman–Crippen MR) is 181 cm³/mol. The number of rotatable bonds is 11. The highest BCUT2D eigenvalue weighted by Crippen LogP contribution is 2.29. The third-order valence-electron chi connectivity index (χ3n) is 10.0. The van der Waals surface area contributed by atoms with E-state index in [-0.39, 0.29) is 5.91 Å². The van der Waals surface area contributed by atoms with Crippen molar-refractivity contribution in [3.8, 4) is 11.1 Å². The minimum atomic E-state index is 0.113. The molecule has 3 saturated heterocycles. The molecule has 0 saturated carbocycles. The average Bonchev–Trinajstić information content (AvgIpc) is 3.46. The second kappa shape index (κ2) is 15.2. The molecule has 7 nitrogen and oxygen atoms in total.